The molecule has 0 aliphatic heterocycles. The van der Waals surface area contributed by atoms with Crippen LogP contribution in [0.5, 0.6) is 0 Å². The summed E-state index contributed by atoms with van der Waals surface area (Å²) in [6.07, 6.45) is 5.57. The molecule has 5 heteroatoms. The number of ketones is 1. The van der Waals surface area contributed by atoms with Gasteiger partial charge >= 0.3 is 78.0 Å². The molecule has 13 heavy (non-hydrogen) atoms. The molecule has 0 aromatic heterocycles. The van der Waals surface area contributed by atoms with Gasteiger partial charge in [0, 0.05) is 0 Å². The second kappa shape index (κ2) is 6.06. The van der Waals surface area contributed by atoms with Gasteiger partial charge in [-0.3, -0.25) is 0 Å². The van der Waals surface area contributed by atoms with E-state index in [0.717, 1.165) is 0 Å². The monoisotopic (exact) mass is 206 g/mol. The predicted molar refractivity (Wildman–Crippen MR) is 52.5 cm³/mol. The van der Waals surface area contributed by atoms with E-state index in [-0.39, 0.29) is 18.4 Å². The summed E-state index contributed by atoms with van der Waals surface area (Å²) in [5, 5.41) is 0. The second-order valence-corrected chi connectivity index (χ2v) is 5.14. The fourth-order valence-corrected chi connectivity index (χ4v) is 1.91. The molecule has 0 aliphatic carbocycles. The van der Waals surface area contributed by atoms with E-state index in [1.54, 1.807) is 0 Å². The Kier molecular flexibility index (Phi) is 5.85. The van der Waals surface area contributed by atoms with Crippen molar-refractivity contribution in [3.8, 4) is 12.3 Å². The van der Waals surface area contributed by atoms with Crippen molar-refractivity contribution in [2.24, 2.45) is 0 Å². The molecule has 0 bridgehead atoms. The van der Waals surface area contributed by atoms with Crippen molar-refractivity contribution in [2.45, 2.75) is 12.8 Å². The first-order chi connectivity index (χ1) is 6.08. The number of hydrogen-bond acceptors (Lipinski definition) is 4. The Morgan fingerprint density at radius 3 is 2.46 bits per heavy atom. The molecule has 0 aliphatic rings. The Hall–Kier alpha value is -0.460. The van der Waals surface area contributed by atoms with Crippen LogP contribution < -0.4 is 0 Å². The van der Waals surface area contributed by atoms with Crippen LogP contribution in [-0.2, 0) is 13.8 Å². The number of terminal acetylenes is 1. The molecule has 4 nitrogen and oxygen atoms in total. The molecule has 0 rings (SSSR count). The summed E-state index contributed by atoms with van der Waals surface area (Å²) in [5.41, 5.74) is 0. The van der Waals surface area contributed by atoms with Crippen molar-refractivity contribution in [2.75, 3.05) is 20.4 Å². The molecule has 0 atom stereocenters. The summed E-state index contributed by atoms with van der Waals surface area (Å²) < 4.78 is 9.47. The molecule has 0 fully saturated rings. The van der Waals surface area contributed by atoms with Crippen LogP contribution in [0, 0.1) is 12.3 Å². The summed E-state index contributed by atoms with van der Waals surface area (Å²) >= 11 is 0. The number of hydrogen-bond donors (Lipinski definition) is 1. The molecular weight excluding hydrogens is 191 g/mol. The Morgan fingerprint density at radius 2 is 2.08 bits per heavy atom. The zero-order valence-electron chi connectivity index (χ0n) is 7.87. The fraction of sp³-hybridized carbons (Fsp3) is 0.625. The maximum absolute atomic E-state index is 11.2. The van der Waals surface area contributed by atoms with E-state index in [1.807, 2.05) is 0 Å². The maximum atomic E-state index is 11.2. The molecule has 1 N–H and O–H groups in total. The van der Waals surface area contributed by atoms with Gasteiger partial charge in [0.2, 0.25) is 0 Å². The van der Waals surface area contributed by atoms with Gasteiger partial charge in [-0.1, -0.05) is 0 Å². The Balaban J connectivity index is 3.96. The summed E-state index contributed by atoms with van der Waals surface area (Å²) in [6.45, 7) is 0. The van der Waals surface area contributed by atoms with Crippen LogP contribution in [0.25, 0.3) is 0 Å². The van der Waals surface area contributed by atoms with Crippen LogP contribution in [0.3, 0.4) is 0 Å². The van der Waals surface area contributed by atoms with Crippen molar-refractivity contribution >= 4 is 13.7 Å². The first-order valence-electron chi connectivity index (χ1n) is 3.86. The number of rotatable bonds is 6. The van der Waals surface area contributed by atoms with Crippen LogP contribution in [-0.4, -0.2) is 31.1 Å². The van der Waals surface area contributed by atoms with Crippen LogP contribution >= 0.6 is 7.94 Å². The van der Waals surface area contributed by atoms with E-state index in [1.165, 1.54) is 14.2 Å². The van der Waals surface area contributed by atoms with Crippen LogP contribution in [0.4, 0.5) is 0 Å². The van der Waals surface area contributed by atoms with E-state index in [9.17, 15) is 9.69 Å². The van der Waals surface area contributed by atoms with Gasteiger partial charge in [-0.25, -0.2) is 0 Å². The summed E-state index contributed by atoms with van der Waals surface area (Å²) in [6, 6.07) is 0. The molecule has 0 aromatic carbocycles. The summed E-state index contributed by atoms with van der Waals surface area (Å²) in [7, 11) is -0.581. The molecule has 0 aromatic rings. The zero-order valence-corrected chi connectivity index (χ0v) is 8.87. The van der Waals surface area contributed by atoms with Gasteiger partial charge in [0.25, 0.3) is 0 Å². The van der Waals surface area contributed by atoms with Crippen molar-refractivity contribution < 1.29 is 18.7 Å². The predicted octanol–water partition coefficient (Wildman–Crippen LogP) is 0.749. The Bertz CT molecular complexity index is 205. The number of carbonyl (C=O) groups excluding carboxylic acids is 1. The number of Topliss-reactive ketones (excluding diaryl/α,β-unsaturated/α-hetero) is 1. The van der Waals surface area contributed by atoms with Crippen molar-refractivity contribution in [3.63, 3.8) is 0 Å². The molecular formula is C8H15O4P. The van der Waals surface area contributed by atoms with Gasteiger partial charge in [0.05, 0.1) is 0 Å². The average molecular weight is 206 g/mol. The Morgan fingerprint density at radius 1 is 1.54 bits per heavy atom. The summed E-state index contributed by atoms with van der Waals surface area (Å²) in [5.74, 6) is 2.22. The molecule has 0 spiro atoms. The minimum absolute atomic E-state index is 0.0678. The Labute approximate surface area is 78.8 Å². The number of carbonyl (C=O) groups is 1. The van der Waals surface area contributed by atoms with Crippen LogP contribution in [0.1, 0.15) is 12.8 Å². The third kappa shape index (κ3) is 4.97. The van der Waals surface area contributed by atoms with Crippen molar-refractivity contribution in [1.82, 2.24) is 0 Å². The van der Waals surface area contributed by atoms with Gasteiger partial charge in [-0.15, -0.1) is 0 Å². The third-order valence-corrected chi connectivity index (χ3v) is 3.72. The van der Waals surface area contributed by atoms with Crippen LogP contribution in [0.15, 0.2) is 0 Å². The molecule has 0 unspecified atom stereocenters. The molecule has 0 saturated heterocycles. The normalized spacial score (nSPS) is 12.2. The van der Waals surface area contributed by atoms with Crippen LogP contribution in [0.2, 0.25) is 0 Å². The first-order valence-corrected chi connectivity index (χ1v) is 5.83. The van der Waals surface area contributed by atoms with Gasteiger partial charge in [0.15, 0.2) is 0 Å². The standard InChI is InChI=1S/C8H15O4P/c1-4-5-6-8(9)7-13(10,11-2)12-3/h1,10,13H,5-7H2,2-3H3. The SMILES string of the molecule is C#CCCC(=O)C[PH](O)(OC)OC. The van der Waals surface area contributed by atoms with Gasteiger partial charge in [-0.2, -0.15) is 0 Å². The van der Waals surface area contributed by atoms with Crippen molar-refractivity contribution in [3.05, 3.63) is 0 Å². The van der Waals surface area contributed by atoms with Crippen molar-refractivity contribution in [1.29, 1.82) is 0 Å². The topological polar surface area (TPSA) is 55.8 Å². The van der Waals surface area contributed by atoms with Gasteiger partial charge in [-0.05, 0) is 0 Å². The average Bonchev–Trinajstić information content (AvgIpc) is 2.14. The van der Waals surface area contributed by atoms with E-state index >= 15 is 0 Å². The van der Waals surface area contributed by atoms with E-state index < -0.39 is 7.94 Å². The molecule has 0 saturated carbocycles. The fourth-order valence-electron chi connectivity index (χ4n) is 0.777. The molecule has 0 heterocycles. The first kappa shape index (κ1) is 12.5. The molecule has 76 valence electrons. The minimum atomic E-state index is -3.23. The van der Waals surface area contributed by atoms with E-state index in [4.69, 9.17) is 15.5 Å². The van der Waals surface area contributed by atoms with E-state index in [2.05, 4.69) is 5.92 Å². The van der Waals surface area contributed by atoms with Gasteiger partial charge < -0.3 is 0 Å². The third-order valence-electron chi connectivity index (χ3n) is 1.61. The second-order valence-electron chi connectivity index (χ2n) is 2.54. The zero-order chi connectivity index (χ0) is 10.3. The van der Waals surface area contributed by atoms with E-state index in [0.29, 0.717) is 6.42 Å². The quantitative estimate of drug-likeness (QED) is 0.514. The molecule has 0 radical (unpaired) electrons. The van der Waals surface area contributed by atoms with Gasteiger partial charge in [0.1, 0.15) is 0 Å². The molecule has 0 amide bonds. The summed E-state index contributed by atoms with van der Waals surface area (Å²) in [4.78, 5) is 20.7.